The van der Waals surface area contributed by atoms with Crippen LogP contribution in [-0.2, 0) is 27.1 Å². The number of rotatable bonds is 6. The molecule has 1 aromatic heterocycles. The number of fused-ring (bicyclic) bond motifs is 12. The number of benzene rings is 10. The van der Waals surface area contributed by atoms with Gasteiger partial charge in [-0.25, -0.2) is 0 Å². The lowest BCUT2D eigenvalue weighted by atomic mass is 9.66. The van der Waals surface area contributed by atoms with E-state index in [0.717, 1.165) is 33.3 Å². The number of hydrogen-bond acceptors (Lipinski definition) is 2. The third kappa shape index (κ3) is 6.80. The molecule has 2 heteroatoms. The highest BCUT2D eigenvalue weighted by molar-refractivity contribution is 6.09. The molecule has 0 fully saturated rings. The Hall–Kier alpha value is -8.20. The van der Waals surface area contributed by atoms with E-state index in [9.17, 15) is 0 Å². The summed E-state index contributed by atoms with van der Waals surface area (Å²) in [6.07, 6.45) is 0. The SMILES string of the molecule is CC(C)(C)c1ccc2c(c1)C(c1ccccc1)(c1ccccc1)c1cc(C(C)(C)C)cc(-c3ccc4oc5ccc(N(c6ccc7c(c6)C(C)(C)c6ccccc6-7)c6cccc7c6-c6ccccc6C7(C)C)cc5c4c3)c1-2. The van der Waals surface area contributed by atoms with Crippen molar-refractivity contribution in [1.29, 1.82) is 0 Å². The van der Waals surface area contributed by atoms with E-state index in [2.05, 4.69) is 286 Å². The van der Waals surface area contributed by atoms with Gasteiger partial charge in [-0.2, -0.15) is 0 Å². The van der Waals surface area contributed by atoms with Gasteiger partial charge >= 0.3 is 0 Å². The smallest absolute Gasteiger partial charge is 0.135 e. The number of nitrogens with zero attached hydrogens (tertiary/aromatic N) is 1. The fraction of sp³-hybridized carbons (Fsp3) is 0.200. The Kier molecular flexibility index (Phi) is 10.1. The van der Waals surface area contributed by atoms with Gasteiger partial charge in [0.1, 0.15) is 11.2 Å². The molecule has 1 heterocycles. The molecule has 3 aliphatic carbocycles. The molecule has 0 radical (unpaired) electrons. The molecule has 0 N–H and O–H groups in total. The van der Waals surface area contributed by atoms with Crippen molar-refractivity contribution in [3.8, 4) is 44.5 Å². The molecule has 0 aliphatic heterocycles. The van der Waals surface area contributed by atoms with Crippen LogP contribution in [0, 0.1) is 0 Å². The Bertz CT molecular complexity index is 4190. The first-order chi connectivity index (χ1) is 37.0. The summed E-state index contributed by atoms with van der Waals surface area (Å²) in [5.41, 5.74) is 27.6. The molecule has 0 saturated heterocycles. The van der Waals surface area contributed by atoms with Crippen LogP contribution in [0.1, 0.15) is 125 Å². The van der Waals surface area contributed by atoms with Crippen LogP contribution in [0.3, 0.4) is 0 Å². The highest BCUT2D eigenvalue weighted by Gasteiger charge is 2.48. The lowest BCUT2D eigenvalue weighted by Gasteiger charge is -2.35. The van der Waals surface area contributed by atoms with Crippen LogP contribution >= 0.6 is 0 Å². The van der Waals surface area contributed by atoms with E-state index in [1.165, 1.54) is 106 Å². The van der Waals surface area contributed by atoms with Gasteiger partial charge in [-0.05, 0) is 160 Å². The fourth-order valence-corrected chi connectivity index (χ4v) is 14.0. The molecule has 0 spiro atoms. The zero-order valence-corrected chi connectivity index (χ0v) is 46.1. The predicted octanol–water partition coefficient (Wildman–Crippen LogP) is 20.3. The van der Waals surface area contributed by atoms with Crippen molar-refractivity contribution in [3.63, 3.8) is 0 Å². The molecule has 0 atom stereocenters. The molecule has 2 nitrogen and oxygen atoms in total. The molecule has 0 saturated carbocycles. The summed E-state index contributed by atoms with van der Waals surface area (Å²) >= 11 is 0. The van der Waals surface area contributed by atoms with Crippen molar-refractivity contribution in [2.45, 2.75) is 96.3 Å². The highest BCUT2D eigenvalue weighted by atomic mass is 16.3. The van der Waals surface area contributed by atoms with Crippen molar-refractivity contribution in [2.75, 3.05) is 4.90 Å². The van der Waals surface area contributed by atoms with E-state index in [0.29, 0.717) is 0 Å². The monoisotopic (exact) mass is 996 g/mol. The Morgan fingerprint density at radius 3 is 1.56 bits per heavy atom. The molecule has 14 rings (SSSR count). The molecule has 3 aliphatic rings. The zero-order chi connectivity index (χ0) is 53.0. The molecule has 0 amide bonds. The first-order valence-corrected chi connectivity index (χ1v) is 27.7. The van der Waals surface area contributed by atoms with Crippen LogP contribution in [0.15, 0.2) is 217 Å². The lowest BCUT2D eigenvalue weighted by Crippen LogP contribution is -2.29. The first-order valence-electron chi connectivity index (χ1n) is 27.7. The Balaban J connectivity index is 1.01. The minimum Gasteiger partial charge on any atom is -0.456 e. The number of furan rings is 1. The van der Waals surface area contributed by atoms with Crippen LogP contribution in [0.25, 0.3) is 66.4 Å². The van der Waals surface area contributed by atoms with Crippen LogP contribution in [0.4, 0.5) is 17.1 Å². The minimum absolute atomic E-state index is 0.0469. The molecule has 0 bridgehead atoms. The molecular formula is C75H65NO. The van der Waals surface area contributed by atoms with Crippen LogP contribution in [0.2, 0.25) is 0 Å². The van der Waals surface area contributed by atoms with Gasteiger partial charge in [-0.3, -0.25) is 0 Å². The van der Waals surface area contributed by atoms with Crippen molar-refractivity contribution in [1.82, 2.24) is 0 Å². The summed E-state index contributed by atoms with van der Waals surface area (Å²) in [6.45, 7) is 23.6. The molecule has 10 aromatic carbocycles. The number of hydrogen-bond donors (Lipinski definition) is 0. The molecular weight excluding hydrogens is 931 g/mol. The predicted molar refractivity (Wildman–Crippen MR) is 324 cm³/mol. The second kappa shape index (κ2) is 16.4. The maximum atomic E-state index is 6.86. The van der Waals surface area contributed by atoms with Gasteiger partial charge in [-0.15, -0.1) is 0 Å². The molecule has 11 aromatic rings. The third-order valence-corrected chi connectivity index (χ3v) is 18.1. The van der Waals surface area contributed by atoms with Gasteiger partial charge in [0.25, 0.3) is 0 Å². The van der Waals surface area contributed by atoms with Crippen LogP contribution in [0.5, 0.6) is 0 Å². The quantitative estimate of drug-likeness (QED) is 0.165. The summed E-state index contributed by atoms with van der Waals surface area (Å²) < 4.78 is 6.86. The van der Waals surface area contributed by atoms with E-state index >= 15 is 0 Å². The molecule has 77 heavy (non-hydrogen) atoms. The maximum absolute atomic E-state index is 6.86. The minimum atomic E-state index is -0.557. The topological polar surface area (TPSA) is 16.4 Å². The van der Waals surface area contributed by atoms with E-state index in [4.69, 9.17) is 4.42 Å². The van der Waals surface area contributed by atoms with Crippen LogP contribution < -0.4 is 4.90 Å². The average Bonchev–Trinajstić information content (AvgIpc) is 4.27. The van der Waals surface area contributed by atoms with E-state index in [1.807, 2.05) is 0 Å². The van der Waals surface area contributed by atoms with E-state index in [1.54, 1.807) is 0 Å². The largest absolute Gasteiger partial charge is 0.456 e. The third-order valence-electron chi connectivity index (χ3n) is 18.1. The second-order valence-electron chi connectivity index (χ2n) is 25.3. The van der Waals surface area contributed by atoms with Gasteiger partial charge < -0.3 is 9.32 Å². The summed E-state index contributed by atoms with van der Waals surface area (Å²) in [6, 6.07) is 80.7. The lowest BCUT2D eigenvalue weighted by molar-refractivity contribution is 0.586. The van der Waals surface area contributed by atoms with Gasteiger partial charge in [0.2, 0.25) is 0 Å². The average molecular weight is 996 g/mol. The first kappa shape index (κ1) is 47.3. The van der Waals surface area contributed by atoms with E-state index < -0.39 is 5.41 Å². The maximum Gasteiger partial charge on any atom is 0.135 e. The Labute approximate surface area is 454 Å². The van der Waals surface area contributed by atoms with Crippen molar-refractivity contribution in [2.24, 2.45) is 0 Å². The summed E-state index contributed by atoms with van der Waals surface area (Å²) in [4.78, 5) is 2.52. The van der Waals surface area contributed by atoms with Gasteiger partial charge in [-0.1, -0.05) is 227 Å². The highest BCUT2D eigenvalue weighted by Crippen LogP contribution is 2.61. The van der Waals surface area contributed by atoms with Gasteiger partial charge in [0.15, 0.2) is 0 Å². The second-order valence-corrected chi connectivity index (χ2v) is 25.3. The standard InChI is InChI=1S/C75H65NO/c1-71(2,3)49-33-36-56-64(42-49)75(47-22-13-11-14-23-47,48-24-15-12-16-25-48)65-43-50(72(4,5)6)41-57(69(56)65)46-32-38-67-58(40-46)59-44-51(35-39-68(59)77-67)76(52-34-37-54-53-26-17-19-28-60(53)74(9,10)63(54)45-52)66-31-21-30-62-70(66)55-27-18-20-29-61(55)73(62,7)8/h11-45H,1-10H3. The normalized spacial score (nSPS) is 15.2. The summed E-state index contributed by atoms with van der Waals surface area (Å²) in [7, 11) is 0. The zero-order valence-electron chi connectivity index (χ0n) is 46.1. The fourth-order valence-electron chi connectivity index (χ4n) is 14.0. The molecule has 376 valence electrons. The van der Waals surface area contributed by atoms with Crippen molar-refractivity contribution >= 4 is 39.0 Å². The Morgan fingerprint density at radius 1 is 0.351 bits per heavy atom. The van der Waals surface area contributed by atoms with Crippen molar-refractivity contribution in [3.05, 3.63) is 268 Å². The van der Waals surface area contributed by atoms with Crippen LogP contribution in [-0.4, -0.2) is 0 Å². The molecule has 0 unspecified atom stereocenters. The summed E-state index contributed by atoms with van der Waals surface area (Å²) in [5, 5.41) is 2.19. The van der Waals surface area contributed by atoms with E-state index in [-0.39, 0.29) is 21.7 Å². The summed E-state index contributed by atoms with van der Waals surface area (Å²) in [5.74, 6) is 0. The van der Waals surface area contributed by atoms with Gasteiger partial charge in [0, 0.05) is 38.5 Å². The number of anilines is 3. The Morgan fingerprint density at radius 2 is 0.870 bits per heavy atom. The van der Waals surface area contributed by atoms with Crippen molar-refractivity contribution < 1.29 is 4.42 Å². The van der Waals surface area contributed by atoms with Gasteiger partial charge in [0.05, 0.1) is 11.1 Å².